The molecule has 25 heavy (non-hydrogen) atoms. The first-order chi connectivity index (χ1) is 12.0. The van der Waals surface area contributed by atoms with E-state index in [1.165, 1.54) is 42.5 Å². The van der Waals surface area contributed by atoms with Crippen LogP contribution in [-0.2, 0) is 11.3 Å². The molecule has 126 valence electrons. The van der Waals surface area contributed by atoms with E-state index in [-0.39, 0.29) is 29.1 Å². The second-order valence-corrected chi connectivity index (χ2v) is 5.29. The third kappa shape index (κ3) is 3.23. The monoisotopic (exact) mass is 341 g/mol. The predicted molar refractivity (Wildman–Crippen MR) is 86.6 cm³/mol. The van der Waals surface area contributed by atoms with Gasteiger partial charge in [-0.25, -0.2) is 9.18 Å². The van der Waals surface area contributed by atoms with E-state index in [1.54, 1.807) is 12.1 Å². The summed E-state index contributed by atoms with van der Waals surface area (Å²) in [6.45, 7) is -0.231. The van der Waals surface area contributed by atoms with Crippen LogP contribution in [0.25, 0.3) is 6.08 Å². The Balaban J connectivity index is 1.89. The highest BCUT2D eigenvalue weighted by Gasteiger charge is 2.34. The zero-order valence-electron chi connectivity index (χ0n) is 12.8. The van der Waals surface area contributed by atoms with E-state index in [4.69, 9.17) is 0 Å². The highest BCUT2D eigenvalue weighted by molar-refractivity contribution is 6.14. The van der Waals surface area contributed by atoms with Gasteiger partial charge >= 0.3 is 6.03 Å². The van der Waals surface area contributed by atoms with Gasteiger partial charge in [0, 0.05) is 11.6 Å². The maximum atomic E-state index is 13.7. The first kappa shape index (κ1) is 16.3. The minimum atomic E-state index is -0.710. The lowest BCUT2D eigenvalue weighted by Gasteiger charge is -2.12. The summed E-state index contributed by atoms with van der Waals surface area (Å²) in [6, 6.07) is 10.9. The van der Waals surface area contributed by atoms with Crippen LogP contribution in [0.1, 0.15) is 11.1 Å². The lowest BCUT2D eigenvalue weighted by molar-refractivity contribution is -0.385. The molecule has 2 aromatic rings. The minimum absolute atomic E-state index is 0.101. The van der Waals surface area contributed by atoms with Gasteiger partial charge in [-0.3, -0.25) is 19.8 Å². The van der Waals surface area contributed by atoms with Gasteiger partial charge in [0.25, 0.3) is 11.6 Å². The molecule has 8 heteroatoms. The second kappa shape index (κ2) is 6.52. The summed E-state index contributed by atoms with van der Waals surface area (Å²) in [5, 5.41) is 13.4. The third-order valence-corrected chi connectivity index (χ3v) is 3.68. The van der Waals surface area contributed by atoms with E-state index in [0.717, 1.165) is 4.90 Å². The molecule has 3 rings (SSSR count). The van der Waals surface area contributed by atoms with Crippen molar-refractivity contribution in [1.82, 2.24) is 10.2 Å². The Morgan fingerprint density at radius 2 is 1.80 bits per heavy atom. The van der Waals surface area contributed by atoms with Gasteiger partial charge in [-0.1, -0.05) is 30.3 Å². The number of nitro benzene ring substituents is 1. The Morgan fingerprint density at radius 3 is 2.52 bits per heavy atom. The molecule has 0 aromatic heterocycles. The van der Waals surface area contributed by atoms with Crippen molar-refractivity contribution in [3.63, 3.8) is 0 Å². The van der Waals surface area contributed by atoms with Crippen LogP contribution >= 0.6 is 0 Å². The quantitative estimate of drug-likeness (QED) is 0.400. The topological polar surface area (TPSA) is 92.5 Å². The fourth-order valence-electron chi connectivity index (χ4n) is 2.44. The van der Waals surface area contributed by atoms with Crippen molar-refractivity contribution in [2.24, 2.45) is 0 Å². The molecule has 7 nitrogen and oxygen atoms in total. The van der Waals surface area contributed by atoms with Crippen molar-refractivity contribution in [2.75, 3.05) is 0 Å². The molecule has 1 aliphatic heterocycles. The van der Waals surface area contributed by atoms with Crippen molar-refractivity contribution >= 4 is 23.7 Å². The molecule has 0 spiro atoms. The van der Waals surface area contributed by atoms with Gasteiger partial charge in [0.05, 0.1) is 17.0 Å². The Hall–Kier alpha value is -3.55. The summed E-state index contributed by atoms with van der Waals surface area (Å²) in [4.78, 5) is 35.7. The molecule has 0 unspecified atom stereocenters. The second-order valence-electron chi connectivity index (χ2n) is 5.29. The SMILES string of the molecule is O=C1N/C(=C/c2ccccc2[N+](=O)[O-])C(=O)N1Cc1ccccc1F. The number of hydrogen-bond acceptors (Lipinski definition) is 4. The maximum absolute atomic E-state index is 13.7. The number of hydrogen-bond donors (Lipinski definition) is 1. The van der Waals surface area contributed by atoms with E-state index < -0.39 is 22.7 Å². The number of amides is 3. The van der Waals surface area contributed by atoms with Crippen LogP contribution in [0.3, 0.4) is 0 Å². The van der Waals surface area contributed by atoms with Crippen molar-refractivity contribution in [3.05, 3.63) is 81.3 Å². The molecule has 3 amide bonds. The molecule has 0 bridgehead atoms. The lowest BCUT2D eigenvalue weighted by atomic mass is 10.1. The lowest BCUT2D eigenvalue weighted by Crippen LogP contribution is -2.30. The standard InChI is InChI=1S/C17H12FN3O4/c18-13-7-3-1-6-12(13)10-20-16(22)14(19-17(20)23)9-11-5-2-4-8-15(11)21(24)25/h1-9H,10H2,(H,19,23)/b14-9+. The maximum Gasteiger partial charge on any atom is 0.329 e. The van der Waals surface area contributed by atoms with Crippen LogP contribution in [-0.4, -0.2) is 21.8 Å². The largest absolute Gasteiger partial charge is 0.329 e. The number of rotatable bonds is 4. The third-order valence-electron chi connectivity index (χ3n) is 3.68. The summed E-state index contributed by atoms with van der Waals surface area (Å²) >= 11 is 0. The van der Waals surface area contributed by atoms with E-state index in [1.807, 2.05) is 0 Å². The van der Waals surface area contributed by atoms with E-state index >= 15 is 0 Å². The molecule has 1 N–H and O–H groups in total. The van der Waals surface area contributed by atoms with Crippen molar-refractivity contribution in [3.8, 4) is 0 Å². The van der Waals surface area contributed by atoms with Crippen LogP contribution in [0.15, 0.2) is 54.2 Å². The Labute approximate surface area is 141 Å². The Bertz CT molecular complexity index is 910. The number of benzene rings is 2. The van der Waals surface area contributed by atoms with Crippen LogP contribution < -0.4 is 5.32 Å². The van der Waals surface area contributed by atoms with Gasteiger partial charge < -0.3 is 5.32 Å². The number of imide groups is 1. The smallest absolute Gasteiger partial charge is 0.303 e. The molecule has 1 fully saturated rings. The first-order valence-corrected chi connectivity index (χ1v) is 7.29. The number of halogens is 1. The van der Waals surface area contributed by atoms with Crippen LogP contribution in [0.4, 0.5) is 14.9 Å². The molecule has 1 heterocycles. The zero-order chi connectivity index (χ0) is 18.0. The van der Waals surface area contributed by atoms with Crippen LogP contribution in [0.2, 0.25) is 0 Å². The number of carbonyl (C=O) groups is 2. The highest BCUT2D eigenvalue weighted by Crippen LogP contribution is 2.23. The van der Waals surface area contributed by atoms with Crippen LogP contribution in [0, 0.1) is 15.9 Å². The molecule has 0 atom stereocenters. The number of carbonyl (C=O) groups excluding carboxylic acids is 2. The molecule has 1 saturated heterocycles. The molecular weight excluding hydrogens is 329 g/mol. The average molecular weight is 341 g/mol. The zero-order valence-corrected chi connectivity index (χ0v) is 12.8. The minimum Gasteiger partial charge on any atom is -0.303 e. The summed E-state index contributed by atoms with van der Waals surface area (Å²) in [7, 11) is 0. The molecule has 0 saturated carbocycles. The summed E-state index contributed by atoms with van der Waals surface area (Å²) < 4.78 is 13.7. The van der Waals surface area contributed by atoms with Crippen molar-refractivity contribution in [2.45, 2.75) is 6.54 Å². The highest BCUT2D eigenvalue weighted by atomic mass is 19.1. The molecular formula is C17H12FN3O4. The average Bonchev–Trinajstić information content (AvgIpc) is 2.84. The molecule has 2 aromatic carbocycles. The summed E-state index contributed by atoms with van der Waals surface area (Å²) in [5.41, 5.74) is 0.0853. The predicted octanol–water partition coefficient (Wildman–Crippen LogP) is 2.83. The van der Waals surface area contributed by atoms with Gasteiger partial charge in [-0.05, 0) is 18.2 Å². The number of urea groups is 1. The van der Waals surface area contributed by atoms with Gasteiger partial charge in [-0.2, -0.15) is 0 Å². The van der Waals surface area contributed by atoms with Crippen molar-refractivity contribution in [1.29, 1.82) is 0 Å². The number of nitrogens with one attached hydrogen (secondary N) is 1. The van der Waals surface area contributed by atoms with Gasteiger partial charge in [0.15, 0.2) is 0 Å². The van der Waals surface area contributed by atoms with Crippen molar-refractivity contribution < 1.29 is 18.9 Å². The van der Waals surface area contributed by atoms with Gasteiger partial charge in [0.2, 0.25) is 0 Å². The molecule has 0 radical (unpaired) electrons. The summed E-state index contributed by atoms with van der Waals surface area (Å²) in [6.07, 6.45) is 1.24. The molecule has 0 aliphatic carbocycles. The Kier molecular flexibility index (Phi) is 4.25. The normalized spacial score (nSPS) is 15.6. The van der Waals surface area contributed by atoms with E-state index in [9.17, 15) is 24.1 Å². The first-order valence-electron chi connectivity index (χ1n) is 7.29. The fourth-order valence-corrected chi connectivity index (χ4v) is 2.44. The van der Waals surface area contributed by atoms with Crippen LogP contribution in [0.5, 0.6) is 0 Å². The Morgan fingerprint density at radius 1 is 1.12 bits per heavy atom. The fraction of sp³-hybridized carbons (Fsp3) is 0.0588. The van der Waals surface area contributed by atoms with E-state index in [0.29, 0.717) is 0 Å². The van der Waals surface area contributed by atoms with E-state index in [2.05, 4.69) is 5.32 Å². The number of para-hydroxylation sites is 1. The molecule has 1 aliphatic rings. The summed E-state index contributed by atoms with van der Waals surface area (Å²) in [5.74, 6) is -1.20. The number of nitrogens with zero attached hydrogens (tertiary/aromatic N) is 2. The van der Waals surface area contributed by atoms with Gasteiger partial charge in [-0.15, -0.1) is 0 Å². The number of nitro groups is 1. The van der Waals surface area contributed by atoms with Gasteiger partial charge in [0.1, 0.15) is 11.5 Å².